The molecule has 3 aliphatic rings. The van der Waals surface area contributed by atoms with Crippen LogP contribution in [0, 0.1) is 0 Å². The van der Waals surface area contributed by atoms with Crippen molar-refractivity contribution in [1.82, 2.24) is 9.55 Å². The van der Waals surface area contributed by atoms with Gasteiger partial charge in [0.15, 0.2) is 17.6 Å². The van der Waals surface area contributed by atoms with Crippen LogP contribution in [0.2, 0.25) is 0 Å². The summed E-state index contributed by atoms with van der Waals surface area (Å²) in [5.41, 5.74) is 2.64. The van der Waals surface area contributed by atoms with E-state index >= 15 is 0 Å². The van der Waals surface area contributed by atoms with Crippen LogP contribution in [0.3, 0.4) is 0 Å². The maximum absolute atomic E-state index is 12.6. The molecule has 1 saturated heterocycles. The Morgan fingerprint density at radius 1 is 1.03 bits per heavy atom. The highest BCUT2D eigenvalue weighted by molar-refractivity contribution is 5.67. The maximum Gasteiger partial charge on any atom is 0.351 e. The number of benzene rings is 2. The number of rotatable bonds is 6. The molecule has 3 aliphatic heterocycles. The first-order valence-corrected chi connectivity index (χ1v) is 11.7. The second-order valence-electron chi connectivity index (χ2n) is 8.74. The van der Waals surface area contributed by atoms with E-state index < -0.39 is 0 Å². The summed E-state index contributed by atoms with van der Waals surface area (Å²) in [6.07, 6.45) is 2.63. The van der Waals surface area contributed by atoms with Crippen molar-refractivity contribution in [3.8, 4) is 34.4 Å². The smallest absolute Gasteiger partial charge is 0.351 e. The van der Waals surface area contributed by atoms with E-state index in [4.69, 9.17) is 23.7 Å². The molecule has 2 aromatic carbocycles. The summed E-state index contributed by atoms with van der Waals surface area (Å²) < 4.78 is 30.9. The minimum absolute atomic E-state index is 0.0691. The molecule has 176 valence electrons. The summed E-state index contributed by atoms with van der Waals surface area (Å²) in [5.74, 6) is 2.60. The van der Waals surface area contributed by atoms with Crippen molar-refractivity contribution in [2.45, 2.75) is 38.0 Å². The van der Waals surface area contributed by atoms with E-state index in [0.717, 1.165) is 59.9 Å². The first kappa shape index (κ1) is 21.0. The van der Waals surface area contributed by atoms with Crippen LogP contribution < -0.4 is 24.6 Å². The number of hydrogen-bond donors (Lipinski definition) is 0. The van der Waals surface area contributed by atoms with Crippen LogP contribution in [0.15, 0.2) is 53.3 Å². The minimum Gasteiger partial charge on any atom is -0.490 e. The number of ether oxygens (including phenoxy) is 5. The topological polar surface area (TPSA) is 81.0 Å². The lowest BCUT2D eigenvalue weighted by molar-refractivity contribution is 0.0535. The lowest BCUT2D eigenvalue weighted by atomic mass is 9.97. The molecule has 8 heteroatoms. The predicted octanol–water partition coefficient (Wildman–Crippen LogP) is 3.24. The van der Waals surface area contributed by atoms with Gasteiger partial charge in [-0.1, -0.05) is 12.1 Å². The lowest BCUT2D eigenvalue weighted by Gasteiger charge is -2.27. The minimum atomic E-state index is -0.291. The molecular formula is C26H26N2O6. The quantitative estimate of drug-likeness (QED) is 0.556. The van der Waals surface area contributed by atoms with E-state index in [9.17, 15) is 4.79 Å². The summed E-state index contributed by atoms with van der Waals surface area (Å²) >= 11 is 0. The largest absolute Gasteiger partial charge is 0.490 e. The Morgan fingerprint density at radius 3 is 2.79 bits per heavy atom. The van der Waals surface area contributed by atoms with Gasteiger partial charge in [0.1, 0.15) is 25.6 Å². The molecule has 2 unspecified atom stereocenters. The molecule has 4 heterocycles. The molecule has 1 fully saturated rings. The number of hydrogen-bond acceptors (Lipinski definition) is 7. The summed E-state index contributed by atoms with van der Waals surface area (Å²) in [5, 5.41) is 0. The monoisotopic (exact) mass is 462 g/mol. The van der Waals surface area contributed by atoms with Crippen LogP contribution in [0.4, 0.5) is 0 Å². The highest BCUT2D eigenvalue weighted by atomic mass is 16.6. The number of nitrogens with zero attached hydrogens (tertiary/aromatic N) is 2. The Balaban J connectivity index is 1.16. The van der Waals surface area contributed by atoms with Crippen LogP contribution in [-0.4, -0.2) is 48.2 Å². The summed E-state index contributed by atoms with van der Waals surface area (Å²) in [6.45, 7) is 2.57. The Kier molecular flexibility index (Phi) is 5.58. The van der Waals surface area contributed by atoms with E-state index in [1.165, 1.54) is 0 Å². The summed E-state index contributed by atoms with van der Waals surface area (Å²) in [4.78, 5) is 16.7. The average molecular weight is 463 g/mol. The van der Waals surface area contributed by atoms with Crippen LogP contribution >= 0.6 is 0 Å². The third kappa shape index (κ3) is 4.21. The van der Waals surface area contributed by atoms with Gasteiger partial charge < -0.3 is 23.7 Å². The molecular weight excluding hydrogens is 436 g/mol. The van der Waals surface area contributed by atoms with Crippen molar-refractivity contribution in [2.75, 3.05) is 26.4 Å². The highest BCUT2D eigenvalue weighted by Gasteiger charge is 2.23. The standard InChI is InChI=1S/C26H26N2O6/c29-26-27-25(33-14-19-4-3-11-30-19)13-22-21-8-7-18(12-17(21)9-10-28(22)26)31-15-20-16-32-23-5-1-2-6-24(23)34-20/h1-2,5-8,12-13,19-20H,3-4,9-11,14-16H2. The zero-order chi connectivity index (χ0) is 22.9. The van der Waals surface area contributed by atoms with E-state index in [1.807, 2.05) is 48.5 Å². The van der Waals surface area contributed by atoms with Crippen molar-refractivity contribution in [3.05, 3.63) is 64.6 Å². The molecule has 0 amide bonds. The van der Waals surface area contributed by atoms with Crippen LogP contribution in [-0.2, 0) is 17.7 Å². The molecule has 0 saturated carbocycles. The summed E-state index contributed by atoms with van der Waals surface area (Å²) in [6, 6.07) is 15.4. The molecule has 8 nitrogen and oxygen atoms in total. The van der Waals surface area contributed by atoms with Gasteiger partial charge >= 0.3 is 5.69 Å². The van der Waals surface area contributed by atoms with Crippen LogP contribution in [0.5, 0.6) is 23.1 Å². The van der Waals surface area contributed by atoms with Gasteiger partial charge in [-0.15, -0.1) is 0 Å². The zero-order valence-corrected chi connectivity index (χ0v) is 18.8. The lowest BCUT2D eigenvalue weighted by Crippen LogP contribution is -2.34. The van der Waals surface area contributed by atoms with Crippen molar-refractivity contribution in [1.29, 1.82) is 0 Å². The molecule has 2 atom stereocenters. The van der Waals surface area contributed by atoms with Gasteiger partial charge in [0, 0.05) is 24.8 Å². The molecule has 6 rings (SSSR count). The molecule has 0 aliphatic carbocycles. The average Bonchev–Trinajstić information content (AvgIpc) is 3.39. The zero-order valence-electron chi connectivity index (χ0n) is 18.8. The number of aromatic nitrogens is 2. The van der Waals surface area contributed by atoms with E-state index in [1.54, 1.807) is 4.57 Å². The van der Waals surface area contributed by atoms with Gasteiger partial charge in [-0.25, -0.2) is 4.79 Å². The Morgan fingerprint density at radius 2 is 1.91 bits per heavy atom. The first-order valence-electron chi connectivity index (χ1n) is 11.7. The molecule has 34 heavy (non-hydrogen) atoms. The molecule has 3 aromatic rings. The molecule has 1 aromatic heterocycles. The SMILES string of the molecule is O=c1nc(OCC2CCCO2)cc2n1CCc1cc(OCC3COc4ccccc4O3)ccc1-2. The summed E-state index contributed by atoms with van der Waals surface area (Å²) in [7, 11) is 0. The molecule has 0 N–H and O–H groups in total. The predicted molar refractivity (Wildman–Crippen MR) is 124 cm³/mol. The number of fused-ring (bicyclic) bond motifs is 4. The molecule has 0 bridgehead atoms. The Bertz CT molecular complexity index is 1250. The van der Waals surface area contributed by atoms with Crippen LogP contribution in [0.25, 0.3) is 11.3 Å². The third-order valence-corrected chi connectivity index (χ3v) is 6.39. The third-order valence-electron chi connectivity index (χ3n) is 6.39. The normalized spacial score (nSPS) is 20.4. The number of para-hydroxylation sites is 2. The van der Waals surface area contributed by atoms with Gasteiger partial charge in [-0.2, -0.15) is 4.98 Å². The fourth-order valence-corrected chi connectivity index (χ4v) is 4.64. The molecule has 0 radical (unpaired) electrons. The Hall–Kier alpha value is -3.52. The van der Waals surface area contributed by atoms with Gasteiger partial charge in [0.2, 0.25) is 5.88 Å². The second-order valence-corrected chi connectivity index (χ2v) is 8.74. The van der Waals surface area contributed by atoms with E-state index in [-0.39, 0.29) is 17.9 Å². The van der Waals surface area contributed by atoms with Crippen molar-refractivity contribution < 1.29 is 23.7 Å². The van der Waals surface area contributed by atoms with Crippen molar-refractivity contribution >= 4 is 0 Å². The molecule has 0 spiro atoms. The van der Waals surface area contributed by atoms with Crippen molar-refractivity contribution in [3.63, 3.8) is 0 Å². The van der Waals surface area contributed by atoms with Gasteiger partial charge in [0.25, 0.3) is 0 Å². The van der Waals surface area contributed by atoms with Gasteiger partial charge in [0.05, 0.1) is 11.8 Å². The van der Waals surface area contributed by atoms with Gasteiger partial charge in [-0.05, 0) is 55.2 Å². The van der Waals surface area contributed by atoms with Crippen LogP contribution in [0.1, 0.15) is 18.4 Å². The second kappa shape index (κ2) is 9.02. The van der Waals surface area contributed by atoms with E-state index in [0.29, 0.717) is 32.2 Å². The van der Waals surface area contributed by atoms with Gasteiger partial charge in [-0.3, -0.25) is 4.57 Å². The number of aryl methyl sites for hydroxylation is 1. The van der Waals surface area contributed by atoms with Crippen molar-refractivity contribution in [2.24, 2.45) is 0 Å². The maximum atomic E-state index is 12.6. The Labute approximate surface area is 197 Å². The van der Waals surface area contributed by atoms with E-state index in [2.05, 4.69) is 4.98 Å². The fourth-order valence-electron chi connectivity index (χ4n) is 4.64. The first-order chi connectivity index (χ1) is 16.7. The fraction of sp³-hybridized carbons (Fsp3) is 0.385. The highest BCUT2D eigenvalue weighted by Crippen LogP contribution is 2.33.